The minimum atomic E-state index is -3.70. The van der Waals surface area contributed by atoms with Crippen molar-refractivity contribution in [2.45, 2.75) is 96.0 Å². The van der Waals surface area contributed by atoms with Crippen LogP contribution in [0.3, 0.4) is 0 Å². The lowest BCUT2D eigenvalue weighted by atomic mass is 10.0. The van der Waals surface area contributed by atoms with Crippen LogP contribution in [0.15, 0.2) is 23.1 Å². The number of sulfonamides is 1. The van der Waals surface area contributed by atoms with E-state index in [2.05, 4.69) is 28.8 Å². The van der Waals surface area contributed by atoms with E-state index in [1.54, 1.807) is 6.07 Å². The standard InChI is InChI=1S/C22H37N3O3S/c1-5-7-8-12-22(26)23-19-13-14-20(25-15-10-9-11-18(25)4)21(16-19)29(27,28)24-17(3)6-2/h13-14,16-18,24H,5-12,15H2,1-4H3,(H,23,26)/t17-,18-/m0/s1. The quantitative estimate of drug-likeness (QED) is 0.537. The van der Waals surface area contributed by atoms with Gasteiger partial charge in [-0.1, -0.05) is 26.7 Å². The number of hydrogen-bond donors (Lipinski definition) is 2. The van der Waals surface area contributed by atoms with Crippen molar-refractivity contribution in [3.63, 3.8) is 0 Å². The number of hydrogen-bond acceptors (Lipinski definition) is 4. The molecule has 6 nitrogen and oxygen atoms in total. The Morgan fingerprint density at radius 2 is 2.00 bits per heavy atom. The zero-order chi connectivity index (χ0) is 21.4. The highest BCUT2D eigenvalue weighted by Gasteiger charge is 2.27. The van der Waals surface area contributed by atoms with Crippen LogP contribution >= 0.6 is 0 Å². The molecule has 2 atom stereocenters. The molecule has 1 amide bonds. The van der Waals surface area contributed by atoms with Gasteiger partial charge in [0.1, 0.15) is 4.90 Å². The molecule has 0 unspecified atom stereocenters. The van der Waals surface area contributed by atoms with Gasteiger partial charge in [0.2, 0.25) is 15.9 Å². The molecule has 1 aliphatic heterocycles. The van der Waals surface area contributed by atoms with Crippen LogP contribution in [0.1, 0.15) is 79.1 Å². The van der Waals surface area contributed by atoms with Gasteiger partial charge in [0.15, 0.2) is 0 Å². The number of piperidine rings is 1. The van der Waals surface area contributed by atoms with Gasteiger partial charge in [-0.15, -0.1) is 0 Å². The van der Waals surface area contributed by atoms with Crippen molar-refractivity contribution in [1.29, 1.82) is 0 Å². The lowest BCUT2D eigenvalue weighted by Gasteiger charge is -2.36. The minimum absolute atomic E-state index is 0.0734. The molecule has 164 valence electrons. The van der Waals surface area contributed by atoms with E-state index < -0.39 is 10.0 Å². The number of unbranched alkanes of at least 4 members (excludes halogenated alkanes) is 2. The molecule has 29 heavy (non-hydrogen) atoms. The summed E-state index contributed by atoms with van der Waals surface area (Å²) in [5.41, 5.74) is 1.25. The maximum Gasteiger partial charge on any atom is 0.242 e. The minimum Gasteiger partial charge on any atom is -0.368 e. The average molecular weight is 424 g/mol. The summed E-state index contributed by atoms with van der Waals surface area (Å²) in [6, 6.07) is 5.40. The Hall–Kier alpha value is -1.60. The third-order valence-electron chi connectivity index (χ3n) is 5.62. The van der Waals surface area contributed by atoms with Crippen molar-refractivity contribution in [3.05, 3.63) is 18.2 Å². The lowest BCUT2D eigenvalue weighted by molar-refractivity contribution is -0.116. The van der Waals surface area contributed by atoms with Gasteiger partial charge in [-0.3, -0.25) is 4.79 Å². The van der Waals surface area contributed by atoms with Crippen LogP contribution in [-0.4, -0.2) is 33.0 Å². The van der Waals surface area contributed by atoms with E-state index in [4.69, 9.17) is 0 Å². The van der Waals surface area contributed by atoms with Crippen molar-refractivity contribution in [2.24, 2.45) is 0 Å². The van der Waals surface area contributed by atoms with Gasteiger partial charge in [0, 0.05) is 30.7 Å². The molecule has 2 N–H and O–H groups in total. The summed E-state index contributed by atoms with van der Waals surface area (Å²) in [6.45, 7) is 8.89. The van der Waals surface area contributed by atoms with E-state index in [1.807, 2.05) is 26.0 Å². The first-order valence-corrected chi connectivity index (χ1v) is 12.5. The molecule has 1 aromatic carbocycles. The van der Waals surface area contributed by atoms with Crippen LogP contribution in [0.25, 0.3) is 0 Å². The van der Waals surface area contributed by atoms with Crippen molar-refractivity contribution >= 4 is 27.3 Å². The molecule has 0 radical (unpaired) electrons. The van der Waals surface area contributed by atoms with Crippen molar-refractivity contribution in [1.82, 2.24) is 4.72 Å². The average Bonchev–Trinajstić information content (AvgIpc) is 2.68. The van der Waals surface area contributed by atoms with Gasteiger partial charge >= 0.3 is 0 Å². The number of nitrogens with zero attached hydrogens (tertiary/aromatic N) is 1. The normalized spacial score (nSPS) is 18.5. The van der Waals surface area contributed by atoms with Gasteiger partial charge in [-0.25, -0.2) is 13.1 Å². The zero-order valence-corrected chi connectivity index (χ0v) is 19.1. The first-order chi connectivity index (χ1) is 13.8. The summed E-state index contributed by atoms with van der Waals surface area (Å²) in [7, 11) is -3.70. The van der Waals surface area contributed by atoms with E-state index in [-0.39, 0.29) is 22.9 Å². The SMILES string of the molecule is CCCCCC(=O)Nc1ccc(N2CCCC[C@@H]2C)c(S(=O)(=O)N[C@@H](C)CC)c1. The third kappa shape index (κ3) is 6.71. The molecule has 1 fully saturated rings. The summed E-state index contributed by atoms with van der Waals surface area (Å²) >= 11 is 0. The Bertz CT molecular complexity index is 780. The second kappa shape index (κ2) is 11.0. The molecule has 0 aliphatic carbocycles. The molecular weight excluding hydrogens is 386 g/mol. The predicted molar refractivity (Wildman–Crippen MR) is 120 cm³/mol. The summed E-state index contributed by atoms with van der Waals surface area (Å²) in [6.07, 6.45) is 7.34. The highest BCUT2D eigenvalue weighted by Crippen LogP contribution is 2.33. The number of nitrogens with one attached hydrogen (secondary N) is 2. The fraction of sp³-hybridized carbons (Fsp3) is 0.682. The molecule has 7 heteroatoms. The third-order valence-corrected chi connectivity index (χ3v) is 7.24. The molecule has 1 heterocycles. The number of carbonyl (C=O) groups excluding carboxylic acids is 1. The molecule has 0 spiro atoms. The van der Waals surface area contributed by atoms with Crippen LogP contribution in [-0.2, 0) is 14.8 Å². The summed E-state index contributed by atoms with van der Waals surface area (Å²) in [5, 5.41) is 2.87. The smallest absolute Gasteiger partial charge is 0.242 e. The Balaban J connectivity index is 2.34. The van der Waals surface area contributed by atoms with Crippen LogP contribution in [0.2, 0.25) is 0 Å². The number of benzene rings is 1. The fourth-order valence-corrected chi connectivity index (χ4v) is 5.24. The van der Waals surface area contributed by atoms with Gasteiger partial charge in [-0.2, -0.15) is 0 Å². The van der Waals surface area contributed by atoms with Crippen LogP contribution in [0.5, 0.6) is 0 Å². The molecule has 0 saturated carbocycles. The number of anilines is 2. The van der Waals surface area contributed by atoms with Gasteiger partial charge < -0.3 is 10.2 Å². The van der Waals surface area contributed by atoms with E-state index in [0.29, 0.717) is 18.5 Å². The molecule has 1 aromatic rings. The van der Waals surface area contributed by atoms with Crippen molar-refractivity contribution < 1.29 is 13.2 Å². The highest BCUT2D eigenvalue weighted by atomic mass is 32.2. The topological polar surface area (TPSA) is 78.5 Å². The summed E-state index contributed by atoms with van der Waals surface area (Å²) in [4.78, 5) is 14.7. The first kappa shape index (κ1) is 23.7. The number of amides is 1. The van der Waals surface area contributed by atoms with Crippen molar-refractivity contribution in [2.75, 3.05) is 16.8 Å². The summed E-state index contributed by atoms with van der Waals surface area (Å²) in [5.74, 6) is -0.0734. The number of rotatable bonds is 10. The van der Waals surface area contributed by atoms with Gasteiger partial charge in [-0.05, 0) is 64.2 Å². The molecule has 2 rings (SSSR count). The lowest BCUT2D eigenvalue weighted by Crippen LogP contribution is -2.39. The van der Waals surface area contributed by atoms with E-state index in [0.717, 1.165) is 50.8 Å². The van der Waals surface area contributed by atoms with E-state index >= 15 is 0 Å². The summed E-state index contributed by atoms with van der Waals surface area (Å²) < 4.78 is 29.1. The van der Waals surface area contributed by atoms with Crippen LogP contribution in [0, 0.1) is 0 Å². The second-order valence-corrected chi connectivity index (χ2v) is 9.84. The maximum atomic E-state index is 13.2. The predicted octanol–water partition coefficient (Wildman–Crippen LogP) is 4.66. The molecule has 1 aliphatic rings. The second-order valence-electron chi connectivity index (χ2n) is 8.16. The Kier molecular flexibility index (Phi) is 8.96. The Morgan fingerprint density at radius 3 is 2.66 bits per heavy atom. The fourth-order valence-electron chi connectivity index (χ4n) is 3.67. The molecule has 0 aromatic heterocycles. The van der Waals surface area contributed by atoms with E-state index in [9.17, 15) is 13.2 Å². The molecular formula is C22H37N3O3S. The number of carbonyl (C=O) groups is 1. The highest BCUT2D eigenvalue weighted by molar-refractivity contribution is 7.89. The molecule has 1 saturated heterocycles. The maximum absolute atomic E-state index is 13.2. The monoisotopic (exact) mass is 423 g/mol. The largest absolute Gasteiger partial charge is 0.368 e. The van der Waals surface area contributed by atoms with Crippen molar-refractivity contribution in [3.8, 4) is 0 Å². The van der Waals surface area contributed by atoms with Gasteiger partial charge in [0.05, 0.1) is 5.69 Å². The zero-order valence-electron chi connectivity index (χ0n) is 18.3. The first-order valence-electron chi connectivity index (χ1n) is 11.0. The van der Waals surface area contributed by atoms with Crippen LogP contribution in [0.4, 0.5) is 11.4 Å². The van der Waals surface area contributed by atoms with Crippen LogP contribution < -0.4 is 14.9 Å². The Labute approximate surface area is 176 Å². The Morgan fingerprint density at radius 1 is 1.24 bits per heavy atom. The molecule has 0 bridgehead atoms. The van der Waals surface area contributed by atoms with E-state index in [1.165, 1.54) is 0 Å². The van der Waals surface area contributed by atoms with Gasteiger partial charge in [0.25, 0.3) is 0 Å².